The van der Waals surface area contributed by atoms with Crippen LogP contribution in [0.3, 0.4) is 0 Å². The second-order valence-corrected chi connectivity index (χ2v) is 4.82. The molecule has 5 heteroatoms. The Labute approximate surface area is 123 Å². The molecule has 0 spiro atoms. The number of hydrogen-bond donors (Lipinski definition) is 2. The second kappa shape index (κ2) is 6.28. The van der Waals surface area contributed by atoms with Gasteiger partial charge in [0.25, 0.3) is 5.91 Å². The molecular formula is C16H18N2O3. The van der Waals surface area contributed by atoms with Gasteiger partial charge in [-0.2, -0.15) is 0 Å². The summed E-state index contributed by atoms with van der Waals surface area (Å²) >= 11 is 0. The van der Waals surface area contributed by atoms with Gasteiger partial charge in [0, 0.05) is 31.4 Å². The van der Waals surface area contributed by atoms with Crippen LogP contribution < -0.4 is 10.5 Å². The minimum Gasteiger partial charge on any atom is -0.456 e. The molecule has 0 aliphatic carbocycles. The van der Waals surface area contributed by atoms with E-state index in [9.17, 15) is 9.90 Å². The number of nitrogen functional groups attached to an aromatic ring is 1. The molecule has 0 unspecified atom stereocenters. The fraction of sp³-hybridized carbons (Fsp3) is 0.188. The van der Waals surface area contributed by atoms with Crippen LogP contribution in [0.25, 0.3) is 0 Å². The Bertz CT molecular complexity index is 654. The summed E-state index contributed by atoms with van der Waals surface area (Å²) in [4.78, 5) is 13.6. The minimum atomic E-state index is -0.175. The highest BCUT2D eigenvalue weighted by Gasteiger charge is 2.16. The number of carbonyl (C=O) groups excluding carboxylic acids is 1. The molecule has 0 aromatic heterocycles. The van der Waals surface area contributed by atoms with Gasteiger partial charge in [-0.3, -0.25) is 4.79 Å². The fourth-order valence-electron chi connectivity index (χ4n) is 1.89. The molecule has 0 heterocycles. The number of rotatable bonds is 4. The molecule has 0 radical (unpaired) electrons. The van der Waals surface area contributed by atoms with Gasteiger partial charge >= 0.3 is 0 Å². The van der Waals surface area contributed by atoms with Crippen molar-refractivity contribution in [2.75, 3.05) is 19.8 Å². The number of nitrogens with zero attached hydrogens (tertiary/aromatic N) is 1. The van der Waals surface area contributed by atoms with Crippen LogP contribution in [0.5, 0.6) is 11.5 Å². The van der Waals surface area contributed by atoms with Crippen molar-refractivity contribution in [2.24, 2.45) is 0 Å². The average molecular weight is 286 g/mol. The summed E-state index contributed by atoms with van der Waals surface area (Å²) in [5.41, 5.74) is 7.34. The van der Waals surface area contributed by atoms with Crippen LogP contribution in [0.2, 0.25) is 0 Å². The summed E-state index contributed by atoms with van der Waals surface area (Å²) in [5.74, 6) is 0.694. The van der Waals surface area contributed by atoms with Crippen LogP contribution in [-0.4, -0.2) is 30.0 Å². The van der Waals surface area contributed by atoms with Crippen LogP contribution in [-0.2, 0) is 6.61 Å². The van der Waals surface area contributed by atoms with Crippen molar-refractivity contribution < 1.29 is 14.6 Å². The van der Waals surface area contributed by atoms with Gasteiger partial charge in [-0.15, -0.1) is 0 Å². The summed E-state index contributed by atoms with van der Waals surface area (Å²) < 4.78 is 5.80. The standard InChI is InChI=1S/C16H18N2O3/c1-18(2)16(20)13-8-7-12(17)9-15(13)21-14-6-4-3-5-11(14)10-19/h3-9,19H,10,17H2,1-2H3. The third kappa shape index (κ3) is 3.32. The van der Waals surface area contributed by atoms with Crippen LogP contribution in [0.1, 0.15) is 15.9 Å². The first-order valence-electron chi connectivity index (χ1n) is 6.50. The normalized spacial score (nSPS) is 10.2. The van der Waals surface area contributed by atoms with Gasteiger partial charge in [0.1, 0.15) is 11.5 Å². The zero-order chi connectivity index (χ0) is 15.4. The zero-order valence-corrected chi connectivity index (χ0v) is 12.0. The average Bonchev–Trinajstić information content (AvgIpc) is 2.47. The predicted molar refractivity (Wildman–Crippen MR) is 81.3 cm³/mol. The van der Waals surface area contributed by atoms with Crippen LogP contribution >= 0.6 is 0 Å². The van der Waals surface area contributed by atoms with Gasteiger partial charge in [0.15, 0.2) is 0 Å². The number of benzene rings is 2. The minimum absolute atomic E-state index is 0.143. The third-order valence-electron chi connectivity index (χ3n) is 3.01. The Balaban J connectivity index is 2.43. The van der Waals surface area contributed by atoms with Gasteiger partial charge in [-0.05, 0) is 18.2 Å². The third-order valence-corrected chi connectivity index (χ3v) is 3.01. The molecular weight excluding hydrogens is 268 g/mol. The molecule has 0 saturated carbocycles. The molecule has 2 aromatic rings. The maximum Gasteiger partial charge on any atom is 0.257 e. The van der Waals surface area contributed by atoms with E-state index >= 15 is 0 Å². The van der Waals surface area contributed by atoms with Crippen molar-refractivity contribution in [3.05, 3.63) is 53.6 Å². The molecule has 110 valence electrons. The van der Waals surface area contributed by atoms with E-state index in [1.54, 1.807) is 50.5 Å². The topological polar surface area (TPSA) is 75.8 Å². The van der Waals surface area contributed by atoms with E-state index < -0.39 is 0 Å². The molecule has 0 saturated heterocycles. The number of carbonyl (C=O) groups is 1. The molecule has 0 bridgehead atoms. The number of aliphatic hydroxyl groups excluding tert-OH is 1. The molecule has 3 N–H and O–H groups in total. The van der Waals surface area contributed by atoms with Gasteiger partial charge in [-0.1, -0.05) is 18.2 Å². The molecule has 0 aliphatic rings. The van der Waals surface area contributed by atoms with E-state index in [2.05, 4.69) is 0 Å². The van der Waals surface area contributed by atoms with E-state index in [1.807, 2.05) is 6.07 Å². The second-order valence-electron chi connectivity index (χ2n) is 4.82. The summed E-state index contributed by atoms with van der Waals surface area (Å²) in [5, 5.41) is 9.34. The number of hydrogen-bond acceptors (Lipinski definition) is 4. The molecule has 21 heavy (non-hydrogen) atoms. The van der Waals surface area contributed by atoms with E-state index in [-0.39, 0.29) is 12.5 Å². The van der Waals surface area contributed by atoms with Crippen molar-refractivity contribution in [3.8, 4) is 11.5 Å². The van der Waals surface area contributed by atoms with Crippen LogP contribution in [0.15, 0.2) is 42.5 Å². The lowest BCUT2D eigenvalue weighted by atomic mass is 10.1. The Morgan fingerprint density at radius 3 is 2.57 bits per heavy atom. The number of aliphatic hydroxyl groups is 1. The Morgan fingerprint density at radius 2 is 1.90 bits per heavy atom. The number of nitrogens with two attached hydrogens (primary N) is 1. The molecule has 1 amide bonds. The smallest absolute Gasteiger partial charge is 0.257 e. The quantitative estimate of drug-likeness (QED) is 0.845. The number of para-hydroxylation sites is 1. The fourth-order valence-corrected chi connectivity index (χ4v) is 1.89. The van der Waals surface area contributed by atoms with Crippen LogP contribution in [0.4, 0.5) is 5.69 Å². The highest BCUT2D eigenvalue weighted by Crippen LogP contribution is 2.30. The monoisotopic (exact) mass is 286 g/mol. The molecule has 2 aromatic carbocycles. The molecule has 0 fully saturated rings. The first-order valence-corrected chi connectivity index (χ1v) is 6.50. The Morgan fingerprint density at radius 1 is 1.19 bits per heavy atom. The van der Waals surface area contributed by atoms with Crippen LogP contribution in [0, 0.1) is 0 Å². The first-order chi connectivity index (χ1) is 10.0. The highest BCUT2D eigenvalue weighted by molar-refractivity contribution is 5.97. The van der Waals surface area contributed by atoms with Gasteiger partial charge in [-0.25, -0.2) is 0 Å². The van der Waals surface area contributed by atoms with Crippen molar-refractivity contribution in [1.29, 1.82) is 0 Å². The molecule has 2 rings (SSSR count). The predicted octanol–water partition coefficient (Wildman–Crippen LogP) is 2.26. The maximum absolute atomic E-state index is 12.2. The van der Waals surface area contributed by atoms with Crippen molar-refractivity contribution in [2.45, 2.75) is 6.61 Å². The summed E-state index contributed by atoms with van der Waals surface area (Å²) in [6.07, 6.45) is 0. The first kappa shape index (κ1) is 14.9. The molecule has 0 atom stereocenters. The van der Waals surface area contributed by atoms with E-state index in [0.717, 1.165) is 0 Å². The SMILES string of the molecule is CN(C)C(=O)c1ccc(N)cc1Oc1ccccc1CO. The van der Waals surface area contributed by atoms with Crippen molar-refractivity contribution in [3.63, 3.8) is 0 Å². The summed E-state index contributed by atoms with van der Waals surface area (Å²) in [6.45, 7) is -0.143. The number of anilines is 1. The molecule has 5 nitrogen and oxygen atoms in total. The maximum atomic E-state index is 12.2. The van der Waals surface area contributed by atoms with Crippen molar-refractivity contribution in [1.82, 2.24) is 4.90 Å². The Hall–Kier alpha value is -2.53. The van der Waals surface area contributed by atoms with E-state index in [1.165, 1.54) is 4.90 Å². The lowest BCUT2D eigenvalue weighted by molar-refractivity contribution is 0.0825. The van der Waals surface area contributed by atoms with E-state index in [0.29, 0.717) is 28.3 Å². The number of amides is 1. The summed E-state index contributed by atoms with van der Waals surface area (Å²) in [7, 11) is 3.34. The molecule has 0 aliphatic heterocycles. The van der Waals surface area contributed by atoms with Gasteiger partial charge in [0.2, 0.25) is 0 Å². The lowest BCUT2D eigenvalue weighted by Gasteiger charge is -2.16. The van der Waals surface area contributed by atoms with Gasteiger partial charge in [0.05, 0.1) is 12.2 Å². The van der Waals surface area contributed by atoms with Crippen molar-refractivity contribution >= 4 is 11.6 Å². The lowest BCUT2D eigenvalue weighted by Crippen LogP contribution is -2.22. The zero-order valence-electron chi connectivity index (χ0n) is 12.0. The Kier molecular flexibility index (Phi) is 4.45. The highest BCUT2D eigenvalue weighted by atomic mass is 16.5. The largest absolute Gasteiger partial charge is 0.456 e. The van der Waals surface area contributed by atoms with Gasteiger partial charge < -0.3 is 20.5 Å². The number of ether oxygens (including phenoxy) is 1. The summed E-state index contributed by atoms with van der Waals surface area (Å²) in [6, 6.07) is 12.0. The van der Waals surface area contributed by atoms with E-state index in [4.69, 9.17) is 10.5 Å².